The van der Waals surface area contributed by atoms with Gasteiger partial charge in [0.25, 0.3) is 0 Å². The highest BCUT2D eigenvalue weighted by atomic mass is 32.1. The number of likely N-dealkylation sites (N-methyl/N-ethyl adjacent to an activating group) is 1. The number of thiophene rings is 1. The zero-order valence-corrected chi connectivity index (χ0v) is 17.2. The second kappa shape index (κ2) is 9.01. The van der Waals surface area contributed by atoms with Crippen LogP contribution in [0, 0.1) is 0 Å². The summed E-state index contributed by atoms with van der Waals surface area (Å²) in [4.78, 5) is 8.58. The van der Waals surface area contributed by atoms with Gasteiger partial charge in [-0.15, -0.1) is 11.3 Å². The molecule has 0 spiro atoms. The lowest BCUT2D eigenvalue weighted by atomic mass is 9.88. The summed E-state index contributed by atoms with van der Waals surface area (Å²) in [5.41, 5.74) is 0.187. The van der Waals surface area contributed by atoms with E-state index in [0.717, 1.165) is 51.6 Å². The maximum atomic E-state index is 5.56. The molecule has 142 valence electrons. The van der Waals surface area contributed by atoms with Crippen LogP contribution in [0.2, 0.25) is 0 Å². The molecule has 0 aliphatic carbocycles. The van der Waals surface area contributed by atoms with Gasteiger partial charge in [-0.25, -0.2) is 0 Å². The molecular weight excluding hydrogens is 332 g/mol. The fraction of sp³-hybridized carbons (Fsp3) is 0.737. The van der Waals surface area contributed by atoms with E-state index in [1.165, 1.54) is 4.88 Å². The van der Waals surface area contributed by atoms with Crippen molar-refractivity contribution in [3.8, 4) is 0 Å². The van der Waals surface area contributed by atoms with Crippen LogP contribution in [0.5, 0.6) is 0 Å². The number of aliphatic imine (C=N–C) groups is 1. The SMILES string of the molecule is CCNC(=NCC(C)(C)c1cccs1)NCC1(N(C)C)CCOCC1. The van der Waals surface area contributed by atoms with Crippen molar-refractivity contribution >= 4 is 17.3 Å². The third-order valence-electron chi connectivity index (χ3n) is 5.12. The van der Waals surface area contributed by atoms with E-state index in [0.29, 0.717) is 0 Å². The molecule has 0 atom stereocenters. The Balaban J connectivity index is 2.02. The molecule has 6 heteroatoms. The zero-order chi connectivity index (χ0) is 18.3. The van der Waals surface area contributed by atoms with Gasteiger partial charge in [0, 0.05) is 42.1 Å². The Hall–Kier alpha value is -1.11. The van der Waals surface area contributed by atoms with Crippen molar-refractivity contribution in [1.29, 1.82) is 0 Å². The standard InChI is InChI=1S/C19H34N4OS/c1-6-20-17(21-14-18(2,3)16-8-7-13-25-16)22-15-19(23(4)5)9-11-24-12-10-19/h7-8,13H,6,9-12,14-15H2,1-5H3,(H2,20,21,22). The average molecular weight is 367 g/mol. The van der Waals surface area contributed by atoms with E-state index in [4.69, 9.17) is 9.73 Å². The maximum absolute atomic E-state index is 5.56. The fourth-order valence-electron chi connectivity index (χ4n) is 3.14. The highest BCUT2D eigenvalue weighted by Gasteiger charge is 2.34. The van der Waals surface area contributed by atoms with Crippen LogP contribution in [0.15, 0.2) is 22.5 Å². The van der Waals surface area contributed by atoms with Gasteiger partial charge in [-0.05, 0) is 45.3 Å². The van der Waals surface area contributed by atoms with Crippen molar-refractivity contribution in [3.05, 3.63) is 22.4 Å². The summed E-state index contributed by atoms with van der Waals surface area (Å²) in [5, 5.41) is 9.10. The van der Waals surface area contributed by atoms with Gasteiger partial charge in [-0.1, -0.05) is 19.9 Å². The van der Waals surface area contributed by atoms with Crippen molar-refractivity contribution in [3.63, 3.8) is 0 Å². The lowest BCUT2D eigenvalue weighted by Crippen LogP contribution is -2.57. The Morgan fingerprint density at radius 2 is 2.04 bits per heavy atom. The number of guanidine groups is 1. The first kappa shape index (κ1) is 20.2. The molecule has 0 aromatic carbocycles. The van der Waals surface area contributed by atoms with E-state index in [2.05, 4.69) is 67.9 Å². The van der Waals surface area contributed by atoms with Crippen LogP contribution in [-0.2, 0) is 10.2 Å². The molecule has 0 unspecified atom stereocenters. The molecule has 0 amide bonds. The van der Waals surface area contributed by atoms with Gasteiger partial charge >= 0.3 is 0 Å². The predicted molar refractivity (Wildman–Crippen MR) is 108 cm³/mol. The summed E-state index contributed by atoms with van der Waals surface area (Å²) in [7, 11) is 4.33. The lowest BCUT2D eigenvalue weighted by molar-refractivity contribution is -0.00501. The quantitative estimate of drug-likeness (QED) is 0.575. The van der Waals surface area contributed by atoms with E-state index in [1.54, 1.807) is 11.3 Å². The number of hydrogen-bond acceptors (Lipinski definition) is 4. The smallest absolute Gasteiger partial charge is 0.191 e. The monoisotopic (exact) mass is 366 g/mol. The van der Waals surface area contributed by atoms with E-state index in [9.17, 15) is 0 Å². The summed E-state index contributed by atoms with van der Waals surface area (Å²) >= 11 is 1.80. The highest BCUT2D eigenvalue weighted by molar-refractivity contribution is 7.10. The molecule has 25 heavy (non-hydrogen) atoms. The molecule has 2 heterocycles. The van der Waals surface area contributed by atoms with Crippen molar-refractivity contribution < 1.29 is 4.74 Å². The molecule has 0 radical (unpaired) electrons. The van der Waals surface area contributed by atoms with E-state index in [1.807, 2.05) is 0 Å². The second-order valence-electron chi connectivity index (χ2n) is 7.64. The Morgan fingerprint density at radius 3 is 2.60 bits per heavy atom. The molecule has 1 aromatic heterocycles. The minimum Gasteiger partial charge on any atom is -0.381 e. The van der Waals surface area contributed by atoms with Crippen LogP contribution >= 0.6 is 11.3 Å². The second-order valence-corrected chi connectivity index (χ2v) is 8.59. The number of nitrogens with one attached hydrogen (secondary N) is 2. The van der Waals surface area contributed by atoms with Gasteiger partial charge < -0.3 is 20.3 Å². The third-order valence-corrected chi connectivity index (χ3v) is 6.36. The van der Waals surface area contributed by atoms with Gasteiger partial charge in [-0.3, -0.25) is 4.99 Å². The number of nitrogens with zero attached hydrogens (tertiary/aromatic N) is 2. The van der Waals surface area contributed by atoms with Crippen molar-refractivity contribution in [2.45, 2.75) is 44.6 Å². The van der Waals surface area contributed by atoms with Crippen LogP contribution in [-0.4, -0.2) is 63.3 Å². The van der Waals surface area contributed by atoms with Crippen molar-refractivity contribution in [1.82, 2.24) is 15.5 Å². The van der Waals surface area contributed by atoms with Crippen LogP contribution in [0.1, 0.15) is 38.5 Å². The lowest BCUT2D eigenvalue weighted by Gasteiger charge is -2.43. The first-order valence-electron chi connectivity index (χ1n) is 9.21. The Kier molecular flexibility index (Phi) is 7.28. The minimum absolute atomic E-state index is 0.0500. The maximum Gasteiger partial charge on any atom is 0.191 e. The van der Waals surface area contributed by atoms with Crippen molar-refractivity contribution in [2.75, 3.05) is 46.9 Å². The average Bonchev–Trinajstić information content (AvgIpc) is 3.14. The normalized spacial score (nSPS) is 18.4. The molecule has 1 fully saturated rings. The van der Waals surface area contributed by atoms with E-state index >= 15 is 0 Å². The van der Waals surface area contributed by atoms with E-state index in [-0.39, 0.29) is 11.0 Å². The summed E-state index contributed by atoms with van der Waals surface area (Å²) in [6.07, 6.45) is 2.10. The van der Waals surface area contributed by atoms with Crippen LogP contribution in [0.4, 0.5) is 0 Å². The molecule has 2 N–H and O–H groups in total. The minimum atomic E-state index is 0.0500. The molecule has 0 bridgehead atoms. The molecule has 1 aromatic rings. The van der Waals surface area contributed by atoms with Gasteiger partial charge in [0.1, 0.15) is 0 Å². The zero-order valence-electron chi connectivity index (χ0n) is 16.4. The first-order valence-corrected chi connectivity index (χ1v) is 10.1. The van der Waals surface area contributed by atoms with Crippen LogP contribution < -0.4 is 10.6 Å². The summed E-state index contributed by atoms with van der Waals surface area (Å²) in [6.45, 7) is 10.8. The Bertz CT molecular complexity index is 534. The molecule has 0 saturated carbocycles. The first-order chi connectivity index (χ1) is 11.9. The Labute approximate surface area is 156 Å². The molecule has 5 nitrogen and oxygen atoms in total. The topological polar surface area (TPSA) is 48.9 Å². The highest BCUT2D eigenvalue weighted by Crippen LogP contribution is 2.28. The molecule has 1 aliphatic heterocycles. The Morgan fingerprint density at radius 1 is 1.32 bits per heavy atom. The van der Waals surface area contributed by atoms with Crippen LogP contribution in [0.25, 0.3) is 0 Å². The molecule has 1 aliphatic rings. The number of hydrogen-bond donors (Lipinski definition) is 2. The summed E-state index contributed by atoms with van der Waals surface area (Å²) in [6, 6.07) is 4.31. The predicted octanol–water partition coefficient (Wildman–Crippen LogP) is 2.69. The number of ether oxygens (including phenoxy) is 1. The summed E-state index contributed by atoms with van der Waals surface area (Å²) in [5.74, 6) is 0.903. The van der Waals surface area contributed by atoms with Gasteiger partial charge in [-0.2, -0.15) is 0 Å². The largest absolute Gasteiger partial charge is 0.381 e. The molecule has 1 saturated heterocycles. The molecular formula is C19H34N4OS. The van der Waals surface area contributed by atoms with Crippen molar-refractivity contribution in [2.24, 2.45) is 4.99 Å². The van der Waals surface area contributed by atoms with E-state index < -0.39 is 0 Å². The fourth-order valence-corrected chi connectivity index (χ4v) is 3.99. The van der Waals surface area contributed by atoms with Gasteiger partial charge in [0.15, 0.2) is 5.96 Å². The van der Waals surface area contributed by atoms with Crippen LogP contribution in [0.3, 0.4) is 0 Å². The third kappa shape index (κ3) is 5.43. The summed E-state index contributed by atoms with van der Waals surface area (Å²) < 4.78 is 5.56. The molecule has 2 rings (SSSR count). The van der Waals surface area contributed by atoms with Gasteiger partial charge in [0.2, 0.25) is 0 Å². The van der Waals surface area contributed by atoms with Gasteiger partial charge in [0.05, 0.1) is 6.54 Å². The number of rotatable bonds is 7.